The molecule has 0 fully saturated rings. The number of nitrogens with one attached hydrogen (secondary N) is 2. The van der Waals surface area contributed by atoms with Crippen LogP contribution in [0.25, 0.3) is 20.2 Å². The number of fused-ring (bicyclic) bond motifs is 2. The summed E-state index contributed by atoms with van der Waals surface area (Å²) in [4.78, 5) is 15.7. The lowest BCUT2D eigenvalue weighted by Crippen LogP contribution is -2.28. The summed E-state index contributed by atoms with van der Waals surface area (Å²) in [5.74, 6) is 0.0229. The van der Waals surface area contributed by atoms with Gasteiger partial charge in [-0.05, 0) is 43.8 Å². The van der Waals surface area contributed by atoms with Crippen molar-refractivity contribution in [2.45, 2.75) is 27.3 Å². The summed E-state index contributed by atoms with van der Waals surface area (Å²) < 4.78 is 28.2. The predicted molar refractivity (Wildman–Crippen MR) is 128 cm³/mol. The number of nitrogens with zero attached hydrogens (tertiary/aromatic N) is 1. The van der Waals surface area contributed by atoms with Crippen LogP contribution >= 0.6 is 11.3 Å². The van der Waals surface area contributed by atoms with Crippen LogP contribution < -0.4 is 15.5 Å². The third-order valence-corrected chi connectivity index (χ3v) is 7.90. The maximum Gasteiger partial charge on any atom is 0.211 e. The molecule has 30 heavy (non-hydrogen) atoms. The number of rotatable bonds is 10. The van der Waals surface area contributed by atoms with Crippen molar-refractivity contribution in [1.82, 2.24) is 9.62 Å². The average Bonchev–Trinajstić information content (AvgIpc) is 2.76. The van der Waals surface area contributed by atoms with Crippen LogP contribution in [0.1, 0.15) is 26.3 Å². The van der Waals surface area contributed by atoms with E-state index in [0.29, 0.717) is 10.8 Å². The summed E-state index contributed by atoms with van der Waals surface area (Å²) in [6.45, 7) is 9.62. The normalized spacial score (nSPS) is 12.1. The van der Waals surface area contributed by atoms with Gasteiger partial charge in [-0.1, -0.05) is 32.0 Å². The monoisotopic (exact) mass is 447 g/mol. The number of hydrogen-bond donors (Lipinski definition) is 2. The van der Waals surface area contributed by atoms with Crippen molar-refractivity contribution in [3.63, 3.8) is 0 Å². The second-order valence-electron chi connectivity index (χ2n) is 7.08. The fourth-order valence-corrected chi connectivity index (χ4v) is 5.21. The smallest absolute Gasteiger partial charge is 0.211 e. The largest absolute Gasteiger partial charge is 0.383 e. The molecule has 3 rings (SSSR count). The Labute approximate surface area is 182 Å². The molecule has 2 aromatic carbocycles. The second-order valence-corrected chi connectivity index (χ2v) is 10.2. The molecule has 0 saturated heterocycles. The molecule has 2 N–H and O–H groups in total. The van der Waals surface area contributed by atoms with Gasteiger partial charge in [-0.25, -0.2) is 13.1 Å². The molecule has 3 aromatic rings. The van der Waals surface area contributed by atoms with E-state index in [9.17, 15) is 13.2 Å². The zero-order valence-corrected chi connectivity index (χ0v) is 19.3. The van der Waals surface area contributed by atoms with Crippen molar-refractivity contribution in [3.05, 3.63) is 52.2 Å². The zero-order chi connectivity index (χ0) is 21.7. The molecule has 0 saturated carbocycles. The highest BCUT2D eigenvalue weighted by molar-refractivity contribution is 7.89. The minimum Gasteiger partial charge on any atom is -0.383 e. The van der Waals surface area contributed by atoms with Crippen molar-refractivity contribution in [1.29, 1.82) is 0 Å². The van der Waals surface area contributed by atoms with Crippen LogP contribution in [0.15, 0.2) is 41.2 Å². The molecule has 1 heterocycles. The molecule has 0 spiro atoms. The van der Waals surface area contributed by atoms with E-state index in [2.05, 4.69) is 28.8 Å². The van der Waals surface area contributed by atoms with Crippen molar-refractivity contribution in [2.75, 3.05) is 37.2 Å². The quantitative estimate of drug-likeness (QED) is 0.464. The molecule has 0 unspecified atom stereocenters. The first-order chi connectivity index (χ1) is 14.4. The standard InChI is InChI=1S/C22H29N3O3S2/c1-4-25(5-2)14-13-23-18-12-11-16(15-24-30(27,28)6-3)22-20(18)21(26)17-9-7-8-10-19(17)29-22/h7-12,23-24H,4-6,13-15H2,1-3H3. The van der Waals surface area contributed by atoms with Gasteiger partial charge in [-0.15, -0.1) is 11.3 Å². The highest BCUT2D eigenvalue weighted by Crippen LogP contribution is 2.32. The lowest BCUT2D eigenvalue weighted by atomic mass is 10.1. The first kappa shape index (κ1) is 22.7. The summed E-state index contributed by atoms with van der Waals surface area (Å²) in [5.41, 5.74) is 1.58. The minimum absolute atomic E-state index is 0.0229. The van der Waals surface area contributed by atoms with E-state index in [1.807, 2.05) is 36.4 Å². The van der Waals surface area contributed by atoms with Gasteiger partial charge in [0, 0.05) is 40.1 Å². The third-order valence-electron chi connectivity index (χ3n) is 5.31. The fraction of sp³-hybridized carbons (Fsp3) is 0.409. The Kier molecular flexibility index (Phi) is 7.46. The molecule has 0 aliphatic heterocycles. The van der Waals surface area contributed by atoms with E-state index in [0.717, 1.165) is 46.8 Å². The summed E-state index contributed by atoms with van der Waals surface area (Å²) >= 11 is 1.53. The van der Waals surface area contributed by atoms with Gasteiger partial charge in [0.05, 0.1) is 11.1 Å². The van der Waals surface area contributed by atoms with Crippen molar-refractivity contribution < 1.29 is 8.42 Å². The molecule has 0 aliphatic rings. The highest BCUT2D eigenvalue weighted by atomic mass is 32.2. The zero-order valence-electron chi connectivity index (χ0n) is 17.7. The summed E-state index contributed by atoms with van der Waals surface area (Å²) in [5, 5.41) is 4.75. The van der Waals surface area contributed by atoms with Gasteiger partial charge in [-0.2, -0.15) is 0 Å². The highest BCUT2D eigenvalue weighted by Gasteiger charge is 2.15. The van der Waals surface area contributed by atoms with Crippen molar-refractivity contribution >= 4 is 47.2 Å². The van der Waals surface area contributed by atoms with E-state index in [-0.39, 0.29) is 17.7 Å². The molecule has 0 aliphatic carbocycles. The van der Waals surface area contributed by atoms with Gasteiger partial charge >= 0.3 is 0 Å². The fourth-order valence-electron chi connectivity index (χ4n) is 3.42. The lowest BCUT2D eigenvalue weighted by molar-refractivity contribution is 0.316. The van der Waals surface area contributed by atoms with E-state index < -0.39 is 10.0 Å². The van der Waals surface area contributed by atoms with Gasteiger partial charge < -0.3 is 10.2 Å². The molecular weight excluding hydrogens is 418 g/mol. The summed E-state index contributed by atoms with van der Waals surface area (Å²) in [7, 11) is -3.32. The van der Waals surface area contributed by atoms with E-state index in [1.54, 1.807) is 6.92 Å². The number of likely N-dealkylation sites (N-methyl/N-ethyl adjacent to an activating group) is 1. The topological polar surface area (TPSA) is 78.5 Å². The van der Waals surface area contributed by atoms with Crippen LogP contribution in [0.3, 0.4) is 0 Å². The first-order valence-electron chi connectivity index (χ1n) is 10.3. The van der Waals surface area contributed by atoms with Crippen LogP contribution in [0, 0.1) is 0 Å². The number of benzene rings is 2. The van der Waals surface area contributed by atoms with Crippen molar-refractivity contribution in [2.24, 2.45) is 0 Å². The van der Waals surface area contributed by atoms with Crippen molar-refractivity contribution in [3.8, 4) is 0 Å². The number of sulfonamides is 1. The van der Waals surface area contributed by atoms with Crippen LogP contribution in [-0.2, 0) is 16.6 Å². The van der Waals surface area contributed by atoms with E-state index in [4.69, 9.17) is 0 Å². The minimum atomic E-state index is -3.32. The lowest BCUT2D eigenvalue weighted by Gasteiger charge is -2.19. The molecule has 162 valence electrons. The molecule has 0 amide bonds. The molecule has 6 nitrogen and oxygen atoms in total. The Hall–Kier alpha value is -2.00. The number of hydrogen-bond acceptors (Lipinski definition) is 6. The van der Waals surface area contributed by atoms with E-state index in [1.165, 1.54) is 11.3 Å². The van der Waals surface area contributed by atoms with Crippen LogP contribution in [0.5, 0.6) is 0 Å². The van der Waals surface area contributed by atoms with Crippen LogP contribution in [-0.4, -0.2) is 45.2 Å². The Bertz CT molecular complexity index is 1190. The molecule has 0 bridgehead atoms. The predicted octanol–water partition coefficient (Wildman–Crippen LogP) is 3.61. The van der Waals surface area contributed by atoms with Crippen LogP contribution in [0.2, 0.25) is 0 Å². The average molecular weight is 448 g/mol. The summed E-state index contributed by atoms with van der Waals surface area (Å²) in [6, 6.07) is 11.4. The molecule has 1 aromatic heterocycles. The number of anilines is 1. The molecule has 0 atom stereocenters. The maximum atomic E-state index is 13.3. The maximum absolute atomic E-state index is 13.3. The summed E-state index contributed by atoms with van der Waals surface area (Å²) in [6.07, 6.45) is 0. The van der Waals surface area contributed by atoms with Gasteiger partial charge in [0.15, 0.2) is 5.43 Å². The van der Waals surface area contributed by atoms with E-state index >= 15 is 0 Å². The second kappa shape index (κ2) is 9.87. The molecular formula is C22H29N3O3S2. The Morgan fingerprint density at radius 2 is 1.77 bits per heavy atom. The SMILES string of the molecule is CCN(CC)CCNc1ccc(CNS(=O)(=O)CC)c2sc3ccccc3c(=O)c12. The first-order valence-corrected chi connectivity index (χ1v) is 12.8. The molecule has 0 radical (unpaired) electrons. The Balaban J connectivity index is 2.06. The van der Waals surface area contributed by atoms with Gasteiger partial charge in [0.1, 0.15) is 0 Å². The molecule has 8 heteroatoms. The Morgan fingerprint density at radius 1 is 1.03 bits per heavy atom. The van der Waals surface area contributed by atoms with Gasteiger partial charge in [0.25, 0.3) is 0 Å². The van der Waals surface area contributed by atoms with Gasteiger partial charge in [-0.3, -0.25) is 4.79 Å². The van der Waals surface area contributed by atoms with Crippen LogP contribution in [0.4, 0.5) is 5.69 Å². The Morgan fingerprint density at radius 3 is 2.47 bits per heavy atom. The third kappa shape index (κ3) is 5.00. The van der Waals surface area contributed by atoms with Gasteiger partial charge in [0.2, 0.25) is 10.0 Å².